The van der Waals surface area contributed by atoms with Gasteiger partial charge in [0, 0.05) is 23.7 Å². The van der Waals surface area contributed by atoms with E-state index in [0.29, 0.717) is 16.6 Å². The Bertz CT molecular complexity index is 1150. The number of thiazole rings is 1. The maximum absolute atomic E-state index is 13.0. The van der Waals surface area contributed by atoms with Crippen LogP contribution in [0.2, 0.25) is 5.02 Å². The molecule has 2 unspecified atom stereocenters. The lowest BCUT2D eigenvalue weighted by Gasteiger charge is -2.06. The second-order valence-corrected chi connectivity index (χ2v) is 7.67. The lowest BCUT2D eigenvalue weighted by molar-refractivity contribution is 0.938. The van der Waals surface area contributed by atoms with Crippen LogP contribution in [0.1, 0.15) is 29.5 Å². The highest BCUT2D eigenvalue weighted by Gasteiger charge is 2.42. The zero-order valence-electron chi connectivity index (χ0n) is 13.7. The number of pyridine rings is 1. The summed E-state index contributed by atoms with van der Waals surface area (Å²) in [5.41, 5.74) is 3.50. The SMILES string of the molecule is O=c1c(Cl)c(C2CC2c2cccnc2)nc2scc(-c3ccccc3)n12. The fourth-order valence-corrected chi connectivity index (χ4v) is 4.63. The molecule has 1 aliphatic carbocycles. The summed E-state index contributed by atoms with van der Waals surface area (Å²) in [6, 6.07) is 13.8. The molecular weight excluding hydrogens is 366 g/mol. The molecule has 0 spiro atoms. The normalized spacial score (nSPS) is 19.0. The second kappa shape index (κ2) is 6.04. The van der Waals surface area contributed by atoms with Gasteiger partial charge < -0.3 is 0 Å². The average molecular weight is 380 g/mol. The average Bonchev–Trinajstić information content (AvgIpc) is 3.37. The van der Waals surface area contributed by atoms with Crippen LogP contribution < -0.4 is 5.56 Å². The van der Waals surface area contributed by atoms with E-state index in [4.69, 9.17) is 16.6 Å². The standard InChI is InChI=1S/C20H14ClN3OS/c21-17-18(15-9-14(15)13-7-4-8-22-10-13)23-20-24(19(17)25)16(11-26-20)12-5-2-1-3-6-12/h1-8,10-11,14-15H,9H2. The predicted octanol–water partition coefficient (Wildman–Crippen LogP) is 4.74. The van der Waals surface area contributed by atoms with Gasteiger partial charge in [-0.25, -0.2) is 9.38 Å². The van der Waals surface area contributed by atoms with Gasteiger partial charge in [0.2, 0.25) is 0 Å². The topological polar surface area (TPSA) is 47.3 Å². The lowest BCUT2D eigenvalue weighted by atomic mass is 10.1. The van der Waals surface area contributed by atoms with E-state index in [1.807, 2.05) is 48.0 Å². The van der Waals surface area contributed by atoms with Crippen LogP contribution in [0.3, 0.4) is 0 Å². The number of benzene rings is 1. The minimum atomic E-state index is -0.191. The highest BCUT2D eigenvalue weighted by atomic mass is 35.5. The zero-order chi connectivity index (χ0) is 17.7. The molecule has 5 rings (SSSR count). The molecule has 1 saturated carbocycles. The maximum atomic E-state index is 13.0. The Kier molecular flexibility index (Phi) is 3.65. The number of fused-ring (bicyclic) bond motifs is 1. The second-order valence-electron chi connectivity index (χ2n) is 6.46. The number of nitrogens with zero attached hydrogens (tertiary/aromatic N) is 3. The van der Waals surface area contributed by atoms with Crippen LogP contribution in [-0.4, -0.2) is 14.4 Å². The summed E-state index contributed by atoms with van der Waals surface area (Å²) in [5.74, 6) is 0.524. The number of rotatable bonds is 3. The van der Waals surface area contributed by atoms with Crippen molar-refractivity contribution in [1.82, 2.24) is 14.4 Å². The molecule has 4 nitrogen and oxygen atoms in total. The number of aromatic nitrogens is 3. The van der Waals surface area contributed by atoms with Crippen molar-refractivity contribution in [2.75, 3.05) is 0 Å². The van der Waals surface area contributed by atoms with Gasteiger partial charge in [-0.2, -0.15) is 0 Å². The minimum Gasteiger partial charge on any atom is -0.267 e. The third kappa shape index (κ3) is 2.47. The highest BCUT2D eigenvalue weighted by molar-refractivity contribution is 7.15. The summed E-state index contributed by atoms with van der Waals surface area (Å²) < 4.78 is 1.62. The van der Waals surface area contributed by atoms with Crippen molar-refractivity contribution in [2.45, 2.75) is 18.3 Å². The molecule has 6 heteroatoms. The zero-order valence-corrected chi connectivity index (χ0v) is 15.2. The Morgan fingerprint density at radius 1 is 1.12 bits per heavy atom. The first kappa shape index (κ1) is 15.7. The summed E-state index contributed by atoms with van der Waals surface area (Å²) >= 11 is 7.94. The van der Waals surface area contributed by atoms with Crippen molar-refractivity contribution in [1.29, 1.82) is 0 Å². The quantitative estimate of drug-likeness (QED) is 0.516. The Balaban J connectivity index is 1.60. The summed E-state index contributed by atoms with van der Waals surface area (Å²) in [4.78, 5) is 22.6. The van der Waals surface area contributed by atoms with Gasteiger partial charge in [0.05, 0.1) is 11.4 Å². The molecular formula is C20H14ClN3OS. The first-order valence-corrected chi connectivity index (χ1v) is 9.65. The van der Waals surface area contributed by atoms with Gasteiger partial charge in [-0.05, 0) is 29.5 Å². The first-order chi connectivity index (χ1) is 12.7. The predicted molar refractivity (Wildman–Crippen MR) is 104 cm³/mol. The Morgan fingerprint density at radius 2 is 1.96 bits per heavy atom. The van der Waals surface area contributed by atoms with Crippen molar-refractivity contribution >= 4 is 27.9 Å². The van der Waals surface area contributed by atoms with E-state index in [9.17, 15) is 4.79 Å². The third-order valence-corrected chi connectivity index (χ3v) is 6.04. The molecule has 3 heterocycles. The fraction of sp³-hybridized carbons (Fsp3) is 0.150. The van der Waals surface area contributed by atoms with Crippen LogP contribution in [0.15, 0.2) is 65.0 Å². The van der Waals surface area contributed by atoms with Crippen LogP contribution in [0.4, 0.5) is 0 Å². The van der Waals surface area contributed by atoms with Gasteiger partial charge in [0.25, 0.3) is 5.56 Å². The van der Waals surface area contributed by atoms with Gasteiger partial charge in [-0.1, -0.05) is 48.0 Å². The van der Waals surface area contributed by atoms with Gasteiger partial charge >= 0.3 is 0 Å². The van der Waals surface area contributed by atoms with Gasteiger partial charge in [0.15, 0.2) is 4.96 Å². The molecule has 1 aliphatic rings. The summed E-state index contributed by atoms with van der Waals surface area (Å²) in [7, 11) is 0. The van der Waals surface area contributed by atoms with E-state index in [1.54, 1.807) is 10.6 Å². The molecule has 0 saturated heterocycles. The molecule has 0 N–H and O–H groups in total. The Labute approximate surface area is 158 Å². The summed E-state index contributed by atoms with van der Waals surface area (Å²) in [6.07, 6.45) is 4.59. The van der Waals surface area contributed by atoms with E-state index in [1.165, 1.54) is 16.9 Å². The van der Waals surface area contributed by atoms with Crippen molar-refractivity contribution < 1.29 is 0 Å². The number of halogens is 1. The van der Waals surface area contributed by atoms with Crippen LogP contribution in [-0.2, 0) is 0 Å². The molecule has 1 fully saturated rings. The molecule has 1 aromatic carbocycles. The molecule has 0 aliphatic heterocycles. The first-order valence-electron chi connectivity index (χ1n) is 8.39. The molecule has 4 aromatic rings. The van der Waals surface area contributed by atoms with E-state index < -0.39 is 0 Å². The van der Waals surface area contributed by atoms with E-state index in [2.05, 4.69) is 11.1 Å². The monoisotopic (exact) mass is 379 g/mol. The smallest absolute Gasteiger partial charge is 0.267 e. The fourth-order valence-electron chi connectivity index (χ4n) is 3.46. The van der Waals surface area contributed by atoms with Crippen LogP contribution in [0, 0.1) is 0 Å². The van der Waals surface area contributed by atoms with Crippen LogP contribution in [0.25, 0.3) is 16.2 Å². The van der Waals surface area contributed by atoms with Gasteiger partial charge in [-0.3, -0.25) is 9.78 Å². The van der Waals surface area contributed by atoms with Crippen molar-refractivity contribution in [3.63, 3.8) is 0 Å². The van der Waals surface area contributed by atoms with E-state index in [-0.39, 0.29) is 16.5 Å². The Morgan fingerprint density at radius 3 is 2.73 bits per heavy atom. The molecule has 0 amide bonds. The number of hydrogen-bond donors (Lipinski definition) is 0. The van der Waals surface area contributed by atoms with Crippen molar-refractivity contribution in [2.24, 2.45) is 0 Å². The Hall–Kier alpha value is -2.50. The largest absolute Gasteiger partial charge is 0.278 e. The highest BCUT2D eigenvalue weighted by Crippen LogP contribution is 2.55. The summed E-state index contributed by atoms with van der Waals surface area (Å²) in [6.45, 7) is 0. The van der Waals surface area contributed by atoms with Crippen LogP contribution in [0.5, 0.6) is 0 Å². The maximum Gasteiger partial charge on any atom is 0.278 e. The van der Waals surface area contributed by atoms with Crippen LogP contribution >= 0.6 is 22.9 Å². The minimum absolute atomic E-state index is 0.187. The summed E-state index contributed by atoms with van der Waals surface area (Å²) in [5, 5.41) is 2.19. The van der Waals surface area contributed by atoms with E-state index in [0.717, 1.165) is 17.7 Å². The van der Waals surface area contributed by atoms with Crippen molar-refractivity contribution in [3.05, 3.63) is 86.9 Å². The van der Waals surface area contributed by atoms with Gasteiger partial charge in [0.1, 0.15) is 5.02 Å². The van der Waals surface area contributed by atoms with E-state index >= 15 is 0 Å². The van der Waals surface area contributed by atoms with Crippen molar-refractivity contribution in [3.8, 4) is 11.3 Å². The molecule has 26 heavy (non-hydrogen) atoms. The lowest BCUT2D eigenvalue weighted by Crippen LogP contribution is -2.17. The molecule has 2 atom stereocenters. The van der Waals surface area contributed by atoms with Gasteiger partial charge in [-0.15, -0.1) is 11.3 Å². The molecule has 128 valence electrons. The third-order valence-electron chi connectivity index (χ3n) is 4.86. The number of hydrogen-bond acceptors (Lipinski definition) is 4. The molecule has 3 aromatic heterocycles. The molecule has 0 radical (unpaired) electrons. The molecule has 0 bridgehead atoms.